The van der Waals surface area contributed by atoms with Crippen molar-refractivity contribution in [1.29, 1.82) is 0 Å². The molecule has 3 N–H and O–H groups in total. The molecule has 1 aromatic carbocycles. The van der Waals surface area contributed by atoms with E-state index in [4.69, 9.17) is 5.73 Å². The molecule has 102 valence electrons. The fourth-order valence-corrected chi connectivity index (χ4v) is 3.30. The molecule has 0 fully saturated rings. The first-order chi connectivity index (χ1) is 9.79. The summed E-state index contributed by atoms with van der Waals surface area (Å²) in [5.41, 5.74) is 9.30. The number of nitrogens with zero attached hydrogens (tertiary/aromatic N) is 1. The van der Waals surface area contributed by atoms with Gasteiger partial charge in [-0.2, -0.15) is 0 Å². The number of pyridine rings is 1. The van der Waals surface area contributed by atoms with E-state index in [0.717, 1.165) is 35.1 Å². The predicted molar refractivity (Wildman–Crippen MR) is 87.2 cm³/mol. The quantitative estimate of drug-likeness (QED) is 0.710. The highest BCUT2D eigenvalue weighted by atomic mass is 32.1. The predicted octanol–water partition coefficient (Wildman–Crippen LogP) is 4.05. The van der Waals surface area contributed by atoms with Gasteiger partial charge < -0.3 is 11.1 Å². The van der Waals surface area contributed by atoms with Gasteiger partial charge in [0.1, 0.15) is 0 Å². The maximum Gasteiger partial charge on any atom is 0.0497 e. The Morgan fingerprint density at radius 2 is 2.10 bits per heavy atom. The molecule has 0 amide bonds. The standard InChI is InChI=1S/C16H17N3S/c1-2-11-6-8-20-16(11)10-19-15-4-3-14(17)12-5-7-18-9-13(12)15/h3-9,19H,2,10,17H2,1H3. The van der Waals surface area contributed by atoms with E-state index in [1.165, 1.54) is 10.4 Å². The number of aryl methyl sites for hydroxylation is 1. The molecule has 0 radical (unpaired) electrons. The van der Waals surface area contributed by atoms with Gasteiger partial charge in [0.2, 0.25) is 0 Å². The lowest BCUT2D eigenvalue weighted by Gasteiger charge is -2.11. The molecular weight excluding hydrogens is 266 g/mol. The van der Waals surface area contributed by atoms with Crippen molar-refractivity contribution in [1.82, 2.24) is 4.98 Å². The lowest BCUT2D eigenvalue weighted by atomic mass is 10.1. The SMILES string of the molecule is CCc1ccsc1CNc1ccc(N)c2ccncc12. The van der Waals surface area contributed by atoms with Crippen LogP contribution in [-0.4, -0.2) is 4.98 Å². The first-order valence-corrected chi connectivity index (χ1v) is 7.59. The molecule has 0 bridgehead atoms. The van der Waals surface area contributed by atoms with Crippen LogP contribution in [0.1, 0.15) is 17.4 Å². The number of nitrogens with two attached hydrogens (primary N) is 1. The molecule has 0 aliphatic heterocycles. The number of hydrogen-bond acceptors (Lipinski definition) is 4. The summed E-state index contributed by atoms with van der Waals surface area (Å²) >= 11 is 1.80. The molecule has 20 heavy (non-hydrogen) atoms. The lowest BCUT2D eigenvalue weighted by Crippen LogP contribution is -2.01. The molecule has 3 aromatic rings. The minimum Gasteiger partial charge on any atom is -0.398 e. The molecule has 0 saturated heterocycles. The second kappa shape index (κ2) is 5.51. The van der Waals surface area contributed by atoms with Gasteiger partial charge in [-0.3, -0.25) is 4.98 Å². The Kier molecular flexibility index (Phi) is 3.56. The number of rotatable bonds is 4. The molecule has 0 atom stereocenters. The van der Waals surface area contributed by atoms with E-state index >= 15 is 0 Å². The molecule has 0 aliphatic rings. The van der Waals surface area contributed by atoms with Gasteiger partial charge >= 0.3 is 0 Å². The van der Waals surface area contributed by atoms with Crippen LogP contribution in [0.5, 0.6) is 0 Å². The van der Waals surface area contributed by atoms with Gasteiger partial charge in [0.05, 0.1) is 0 Å². The number of fused-ring (bicyclic) bond motifs is 1. The number of nitrogen functional groups attached to an aromatic ring is 1. The summed E-state index contributed by atoms with van der Waals surface area (Å²) in [4.78, 5) is 5.59. The number of benzene rings is 1. The molecule has 0 saturated carbocycles. The molecule has 0 spiro atoms. The zero-order valence-electron chi connectivity index (χ0n) is 11.4. The number of hydrogen-bond donors (Lipinski definition) is 2. The third kappa shape index (κ3) is 2.34. The highest BCUT2D eigenvalue weighted by molar-refractivity contribution is 7.10. The van der Waals surface area contributed by atoms with Crippen LogP contribution in [0.2, 0.25) is 0 Å². The van der Waals surface area contributed by atoms with Crippen molar-refractivity contribution in [3.63, 3.8) is 0 Å². The summed E-state index contributed by atoms with van der Waals surface area (Å²) in [6.45, 7) is 3.03. The Bertz CT molecular complexity index is 733. The number of aromatic nitrogens is 1. The molecule has 0 unspecified atom stereocenters. The second-order valence-electron chi connectivity index (χ2n) is 4.70. The van der Waals surface area contributed by atoms with E-state index in [2.05, 4.69) is 28.7 Å². The molecule has 0 aliphatic carbocycles. The fourth-order valence-electron chi connectivity index (χ4n) is 2.38. The molecule has 4 heteroatoms. The van der Waals surface area contributed by atoms with Crippen LogP contribution in [0.3, 0.4) is 0 Å². The molecule has 2 heterocycles. The Morgan fingerprint density at radius 1 is 1.20 bits per heavy atom. The van der Waals surface area contributed by atoms with Gasteiger partial charge in [0.15, 0.2) is 0 Å². The van der Waals surface area contributed by atoms with Gasteiger partial charge in [0.25, 0.3) is 0 Å². The molecule has 3 rings (SSSR count). The minimum absolute atomic E-state index is 0.790. The Morgan fingerprint density at radius 3 is 2.95 bits per heavy atom. The van der Waals surface area contributed by atoms with Crippen LogP contribution in [0.4, 0.5) is 11.4 Å². The molecular formula is C16H17N3S. The maximum atomic E-state index is 6.01. The van der Waals surface area contributed by atoms with Gasteiger partial charge in [0, 0.05) is 46.0 Å². The molecule has 2 aromatic heterocycles. The summed E-state index contributed by atoms with van der Waals surface area (Å²) in [5, 5.41) is 7.78. The maximum absolute atomic E-state index is 6.01. The fraction of sp³-hybridized carbons (Fsp3) is 0.188. The number of thiophene rings is 1. The van der Waals surface area contributed by atoms with E-state index in [9.17, 15) is 0 Å². The van der Waals surface area contributed by atoms with Crippen molar-refractivity contribution in [3.05, 3.63) is 52.5 Å². The van der Waals surface area contributed by atoms with Crippen LogP contribution in [0, 0.1) is 0 Å². The average molecular weight is 283 g/mol. The summed E-state index contributed by atoms with van der Waals surface area (Å²) in [6.07, 6.45) is 4.71. The van der Waals surface area contributed by atoms with Crippen molar-refractivity contribution >= 4 is 33.5 Å². The van der Waals surface area contributed by atoms with E-state index < -0.39 is 0 Å². The first kappa shape index (κ1) is 12.9. The number of nitrogens with one attached hydrogen (secondary N) is 1. The average Bonchev–Trinajstić information content (AvgIpc) is 2.94. The second-order valence-corrected chi connectivity index (χ2v) is 5.70. The van der Waals surface area contributed by atoms with Crippen LogP contribution >= 0.6 is 11.3 Å². The third-order valence-electron chi connectivity index (χ3n) is 3.51. The summed E-state index contributed by atoms with van der Waals surface area (Å²) in [6, 6.07) is 8.13. The smallest absolute Gasteiger partial charge is 0.0497 e. The molecule has 3 nitrogen and oxygen atoms in total. The topological polar surface area (TPSA) is 50.9 Å². The summed E-state index contributed by atoms with van der Waals surface area (Å²) in [5.74, 6) is 0. The van der Waals surface area contributed by atoms with Crippen molar-refractivity contribution < 1.29 is 0 Å². The summed E-state index contributed by atoms with van der Waals surface area (Å²) < 4.78 is 0. The first-order valence-electron chi connectivity index (χ1n) is 6.71. The minimum atomic E-state index is 0.790. The van der Waals surface area contributed by atoms with Crippen molar-refractivity contribution in [2.45, 2.75) is 19.9 Å². The van der Waals surface area contributed by atoms with Crippen molar-refractivity contribution in [3.8, 4) is 0 Å². The van der Waals surface area contributed by atoms with Gasteiger partial charge in [-0.05, 0) is 41.6 Å². The number of anilines is 2. The van der Waals surface area contributed by atoms with E-state index in [1.54, 1.807) is 17.5 Å². The van der Waals surface area contributed by atoms with E-state index in [-0.39, 0.29) is 0 Å². The Balaban J connectivity index is 1.90. The zero-order chi connectivity index (χ0) is 13.9. The van der Waals surface area contributed by atoms with Crippen LogP contribution in [-0.2, 0) is 13.0 Å². The van der Waals surface area contributed by atoms with E-state index in [0.29, 0.717) is 0 Å². The third-order valence-corrected chi connectivity index (χ3v) is 4.47. The van der Waals surface area contributed by atoms with Crippen LogP contribution in [0.25, 0.3) is 10.8 Å². The van der Waals surface area contributed by atoms with Crippen LogP contribution in [0.15, 0.2) is 42.0 Å². The van der Waals surface area contributed by atoms with Gasteiger partial charge in [-0.25, -0.2) is 0 Å². The zero-order valence-corrected chi connectivity index (χ0v) is 12.2. The highest BCUT2D eigenvalue weighted by Gasteiger charge is 2.06. The van der Waals surface area contributed by atoms with Gasteiger partial charge in [-0.1, -0.05) is 6.92 Å². The monoisotopic (exact) mass is 283 g/mol. The van der Waals surface area contributed by atoms with E-state index in [1.807, 2.05) is 24.4 Å². The van der Waals surface area contributed by atoms with Crippen molar-refractivity contribution in [2.75, 3.05) is 11.1 Å². The van der Waals surface area contributed by atoms with Crippen molar-refractivity contribution in [2.24, 2.45) is 0 Å². The van der Waals surface area contributed by atoms with Crippen LogP contribution < -0.4 is 11.1 Å². The largest absolute Gasteiger partial charge is 0.398 e. The normalized spacial score (nSPS) is 10.8. The van der Waals surface area contributed by atoms with Gasteiger partial charge in [-0.15, -0.1) is 11.3 Å². The lowest BCUT2D eigenvalue weighted by molar-refractivity contribution is 1.08. The Hall–Kier alpha value is -2.07. The Labute approximate surface area is 122 Å². The highest BCUT2D eigenvalue weighted by Crippen LogP contribution is 2.28. The summed E-state index contributed by atoms with van der Waals surface area (Å²) in [7, 11) is 0.